The number of Topliss-reactive ketones (excluding diaryl/α,β-unsaturated/α-hetero) is 1. The average molecular weight is 391 g/mol. The van der Waals surface area contributed by atoms with Gasteiger partial charge in [-0.05, 0) is 43.9 Å². The fraction of sp³-hybridized carbons (Fsp3) is 0.333. The summed E-state index contributed by atoms with van der Waals surface area (Å²) in [7, 11) is 0. The van der Waals surface area contributed by atoms with Gasteiger partial charge in [0, 0.05) is 23.4 Å². The molecule has 0 amide bonds. The van der Waals surface area contributed by atoms with Gasteiger partial charge in [-0.15, -0.1) is 0 Å². The molecule has 3 atom stereocenters. The number of esters is 1. The van der Waals surface area contributed by atoms with Crippen molar-refractivity contribution < 1.29 is 18.7 Å². The van der Waals surface area contributed by atoms with Gasteiger partial charge in [-0.3, -0.25) is 9.59 Å². The van der Waals surface area contributed by atoms with Gasteiger partial charge >= 0.3 is 5.97 Å². The normalized spacial score (nSPS) is 24.1. The Hall–Kier alpha value is -3.08. The Morgan fingerprint density at radius 2 is 1.97 bits per heavy atom. The van der Waals surface area contributed by atoms with E-state index in [-0.39, 0.29) is 18.3 Å². The Balaban J connectivity index is 1.78. The summed E-state index contributed by atoms with van der Waals surface area (Å²) in [6.45, 7) is 7.98. The topological polar surface area (TPSA) is 68.5 Å². The van der Waals surface area contributed by atoms with Crippen LogP contribution in [-0.2, 0) is 14.3 Å². The molecular formula is C24H25NO4. The number of allylic oxidation sites excluding steroid dienone is 2. The molecule has 29 heavy (non-hydrogen) atoms. The van der Waals surface area contributed by atoms with E-state index in [1.165, 1.54) is 0 Å². The molecular weight excluding hydrogens is 366 g/mol. The van der Waals surface area contributed by atoms with Crippen molar-refractivity contribution in [3.8, 4) is 0 Å². The molecule has 0 bridgehead atoms. The number of benzene rings is 1. The summed E-state index contributed by atoms with van der Waals surface area (Å²) in [4.78, 5) is 26.1. The predicted molar refractivity (Wildman–Crippen MR) is 109 cm³/mol. The molecule has 0 saturated carbocycles. The van der Waals surface area contributed by atoms with Crippen molar-refractivity contribution in [1.29, 1.82) is 0 Å². The van der Waals surface area contributed by atoms with E-state index < -0.39 is 17.8 Å². The first-order valence-corrected chi connectivity index (χ1v) is 9.99. The lowest BCUT2D eigenvalue weighted by Crippen LogP contribution is -2.42. The van der Waals surface area contributed by atoms with Crippen molar-refractivity contribution in [2.75, 3.05) is 6.61 Å². The highest BCUT2D eigenvalue weighted by Crippen LogP contribution is 2.47. The smallest absolute Gasteiger partial charge is 0.316 e. The summed E-state index contributed by atoms with van der Waals surface area (Å²) in [5.41, 5.74) is 3.14. The lowest BCUT2D eigenvalue weighted by atomic mass is 9.70. The Morgan fingerprint density at radius 1 is 1.21 bits per heavy atom. The molecule has 1 aliphatic carbocycles. The van der Waals surface area contributed by atoms with Crippen molar-refractivity contribution in [3.63, 3.8) is 0 Å². The van der Waals surface area contributed by atoms with E-state index in [0.29, 0.717) is 29.9 Å². The van der Waals surface area contributed by atoms with Gasteiger partial charge in [0.25, 0.3) is 0 Å². The Labute approximate surface area is 170 Å². The highest BCUT2D eigenvalue weighted by Gasteiger charge is 2.46. The van der Waals surface area contributed by atoms with Crippen LogP contribution in [0.15, 0.2) is 70.4 Å². The van der Waals surface area contributed by atoms with Gasteiger partial charge in [-0.25, -0.2) is 0 Å². The summed E-state index contributed by atoms with van der Waals surface area (Å²) in [6, 6.07) is 13.7. The van der Waals surface area contributed by atoms with E-state index in [2.05, 4.69) is 24.0 Å². The predicted octanol–water partition coefficient (Wildman–Crippen LogP) is 4.37. The molecule has 2 aromatic rings. The van der Waals surface area contributed by atoms with Crippen molar-refractivity contribution in [1.82, 2.24) is 5.32 Å². The number of hydrogen-bond donors (Lipinski definition) is 1. The summed E-state index contributed by atoms with van der Waals surface area (Å²) >= 11 is 0. The molecule has 0 saturated heterocycles. The molecule has 1 aliphatic heterocycles. The third-order valence-electron chi connectivity index (χ3n) is 5.72. The zero-order valence-corrected chi connectivity index (χ0v) is 16.7. The number of ketones is 1. The van der Waals surface area contributed by atoms with Crippen LogP contribution in [0.2, 0.25) is 0 Å². The lowest BCUT2D eigenvalue weighted by molar-refractivity contribution is -0.147. The molecule has 2 heterocycles. The molecule has 0 spiro atoms. The number of carbonyl (C=O) groups is 2. The molecule has 1 N–H and O–H groups in total. The van der Waals surface area contributed by atoms with Gasteiger partial charge in [0.1, 0.15) is 17.4 Å². The second-order valence-corrected chi connectivity index (χ2v) is 7.64. The fourth-order valence-corrected chi connectivity index (χ4v) is 4.45. The average Bonchev–Trinajstić information content (AvgIpc) is 3.13. The van der Waals surface area contributed by atoms with Crippen LogP contribution >= 0.6 is 0 Å². The number of carbonyl (C=O) groups excluding carboxylic acids is 2. The number of hydrogen-bond acceptors (Lipinski definition) is 5. The maximum absolute atomic E-state index is 13.3. The van der Waals surface area contributed by atoms with E-state index in [0.717, 1.165) is 17.0 Å². The molecule has 1 aromatic carbocycles. The molecule has 150 valence electrons. The van der Waals surface area contributed by atoms with Gasteiger partial charge in [0.2, 0.25) is 0 Å². The number of rotatable bonds is 4. The molecule has 5 heteroatoms. The highest BCUT2D eigenvalue weighted by atomic mass is 16.5. The minimum atomic E-state index is -0.698. The highest BCUT2D eigenvalue weighted by molar-refractivity contribution is 6.00. The zero-order valence-electron chi connectivity index (χ0n) is 16.7. The molecule has 5 nitrogen and oxygen atoms in total. The van der Waals surface area contributed by atoms with E-state index >= 15 is 0 Å². The summed E-state index contributed by atoms with van der Waals surface area (Å²) < 4.78 is 11.2. The monoisotopic (exact) mass is 391 g/mol. The van der Waals surface area contributed by atoms with Crippen LogP contribution in [0.5, 0.6) is 0 Å². The minimum absolute atomic E-state index is 0.0356. The zero-order chi connectivity index (χ0) is 20.5. The molecule has 0 fully saturated rings. The van der Waals surface area contributed by atoms with Crippen molar-refractivity contribution in [2.45, 2.75) is 38.5 Å². The molecule has 3 unspecified atom stereocenters. The van der Waals surface area contributed by atoms with Gasteiger partial charge in [-0.2, -0.15) is 0 Å². The van der Waals surface area contributed by atoms with Crippen LogP contribution in [0.25, 0.3) is 0 Å². The third-order valence-corrected chi connectivity index (χ3v) is 5.72. The number of furan rings is 1. The standard InChI is InChI=1S/C24H25NO4/c1-4-28-24(27)21-15(3)25-18-12-17(16-8-6-5-7-9-16)13-19(26)22(18)23(21)20-11-10-14(2)29-20/h5-11,17,21,23,25H,3-4,12-13H2,1-2H3. The molecule has 0 radical (unpaired) electrons. The third kappa shape index (κ3) is 3.53. The Morgan fingerprint density at radius 3 is 2.62 bits per heavy atom. The van der Waals surface area contributed by atoms with Crippen molar-refractivity contribution in [2.24, 2.45) is 5.92 Å². The Kier molecular flexibility index (Phi) is 5.14. The maximum Gasteiger partial charge on any atom is 0.316 e. The fourth-order valence-electron chi connectivity index (χ4n) is 4.45. The van der Waals surface area contributed by atoms with Gasteiger partial charge in [0.05, 0.1) is 12.5 Å². The molecule has 4 rings (SSSR count). The van der Waals surface area contributed by atoms with Crippen molar-refractivity contribution >= 4 is 11.8 Å². The van der Waals surface area contributed by atoms with Gasteiger partial charge in [0.15, 0.2) is 5.78 Å². The first kappa shape index (κ1) is 19.2. The molecule has 1 aromatic heterocycles. The van der Waals surface area contributed by atoms with E-state index in [9.17, 15) is 9.59 Å². The first-order chi connectivity index (χ1) is 14.0. The van der Waals surface area contributed by atoms with Crippen LogP contribution < -0.4 is 5.32 Å². The van der Waals surface area contributed by atoms with E-state index in [1.807, 2.05) is 37.3 Å². The van der Waals surface area contributed by atoms with Gasteiger partial charge < -0.3 is 14.5 Å². The van der Waals surface area contributed by atoms with Crippen LogP contribution in [0.1, 0.15) is 48.7 Å². The second kappa shape index (κ2) is 7.74. The SMILES string of the molecule is C=C1NC2=C(C(=O)CC(c3ccccc3)C2)C(c2ccc(C)o2)C1C(=O)OCC. The van der Waals surface area contributed by atoms with Crippen LogP contribution in [0.4, 0.5) is 0 Å². The minimum Gasteiger partial charge on any atom is -0.466 e. The summed E-state index contributed by atoms with van der Waals surface area (Å²) in [5, 5.41) is 3.27. The lowest BCUT2D eigenvalue weighted by Gasteiger charge is -2.39. The number of ether oxygens (including phenoxy) is 1. The van der Waals surface area contributed by atoms with Crippen LogP contribution in [0, 0.1) is 12.8 Å². The van der Waals surface area contributed by atoms with E-state index in [4.69, 9.17) is 9.15 Å². The number of aryl methyl sites for hydroxylation is 1. The quantitative estimate of drug-likeness (QED) is 0.784. The second-order valence-electron chi connectivity index (χ2n) is 7.64. The maximum atomic E-state index is 13.3. The van der Waals surface area contributed by atoms with Crippen LogP contribution in [0.3, 0.4) is 0 Å². The largest absolute Gasteiger partial charge is 0.466 e. The first-order valence-electron chi connectivity index (χ1n) is 9.99. The summed E-state index contributed by atoms with van der Waals surface area (Å²) in [5.74, 6) is -0.142. The van der Waals surface area contributed by atoms with Crippen LogP contribution in [-0.4, -0.2) is 18.4 Å². The number of nitrogens with one attached hydrogen (secondary N) is 1. The Bertz CT molecular complexity index is 985. The molecule has 2 aliphatic rings. The van der Waals surface area contributed by atoms with E-state index in [1.54, 1.807) is 6.92 Å². The van der Waals surface area contributed by atoms with Gasteiger partial charge in [-0.1, -0.05) is 36.9 Å². The summed E-state index contributed by atoms with van der Waals surface area (Å²) in [6.07, 6.45) is 1.10. The van der Waals surface area contributed by atoms with Crippen molar-refractivity contribution in [3.05, 3.63) is 83.1 Å².